The van der Waals surface area contributed by atoms with E-state index in [0.29, 0.717) is 6.04 Å². The molecule has 0 saturated carbocycles. The van der Waals surface area contributed by atoms with Gasteiger partial charge < -0.3 is 10.2 Å². The van der Waals surface area contributed by atoms with Crippen LogP contribution in [0.25, 0.3) is 0 Å². The lowest BCUT2D eigenvalue weighted by Crippen LogP contribution is -2.50. The second kappa shape index (κ2) is 5.59. The van der Waals surface area contributed by atoms with Gasteiger partial charge in [-0.2, -0.15) is 0 Å². The Morgan fingerprint density at radius 2 is 2.13 bits per heavy atom. The molecule has 1 heterocycles. The topological polar surface area (TPSA) is 15.3 Å². The maximum Gasteiger partial charge on any atom is 0.0639 e. The largest absolute Gasteiger partial charge is 0.365 e. The number of para-hydroxylation sites is 1. The van der Waals surface area contributed by atoms with E-state index in [1.165, 1.54) is 0 Å². The van der Waals surface area contributed by atoms with Crippen LogP contribution in [0.4, 0.5) is 5.69 Å². The van der Waals surface area contributed by atoms with Gasteiger partial charge in [-0.05, 0) is 19.1 Å². The summed E-state index contributed by atoms with van der Waals surface area (Å²) < 4.78 is 0. The number of piperazine rings is 1. The molecule has 0 radical (unpaired) electrons. The van der Waals surface area contributed by atoms with Gasteiger partial charge in [0.2, 0.25) is 0 Å². The highest BCUT2D eigenvalue weighted by Crippen LogP contribution is 2.27. The van der Waals surface area contributed by atoms with Crippen molar-refractivity contribution in [2.45, 2.75) is 13.0 Å². The molecule has 0 aromatic heterocycles. The minimum absolute atomic E-state index is 0. The lowest BCUT2D eigenvalue weighted by atomic mass is 10.2. The van der Waals surface area contributed by atoms with Crippen molar-refractivity contribution in [2.75, 3.05) is 24.5 Å². The fraction of sp³-hybridized carbons (Fsp3) is 0.455. The highest BCUT2D eigenvalue weighted by molar-refractivity contribution is 6.33. The van der Waals surface area contributed by atoms with Crippen molar-refractivity contribution in [1.29, 1.82) is 0 Å². The predicted molar refractivity (Wildman–Crippen MR) is 68.4 cm³/mol. The van der Waals surface area contributed by atoms with Crippen molar-refractivity contribution < 1.29 is 0 Å². The van der Waals surface area contributed by atoms with Crippen LogP contribution in [0.5, 0.6) is 0 Å². The number of nitrogens with one attached hydrogen (secondary N) is 1. The minimum atomic E-state index is 0. The summed E-state index contributed by atoms with van der Waals surface area (Å²) in [6.45, 7) is 5.32. The van der Waals surface area contributed by atoms with Gasteiger partial charge in [0.1, 0.15) is 0 Å². The summed E-state index contributed by atoms with van der Waals surface area (Å²) in [7, 11) is 0. The first kappa shape index (κ1) is 12.6. The Hall–Kier alpha value is -0.440. The van der Waals surface area contributed by atoms with E-state index in [-0.39, 0.29) is 12.4 Å². The minimum Gasteiger partial charge on any atom is -0.365 e. The molecular formula is C11H16Cl2N2. The molecule has 0 aliphatic carbocycles. The van der Waals surface area contributed by atoms with Crippen LogP contribution in [-0.2, 0) is 0 Å². The molecule has 1 aromatic rings. The van der Waals surface area contributed by atoms with Crippen LogP contribution >= 0.6 is 24.0 Å². The molecule has 1 fully saturated rings. The van der Waals surface area contributed by atoms with Crippen LogP contribution in [0, 0.1) is 0 Å². The third-order valence-corrected chi connectivity index (χ3v) is 2.98. The van der Waals surface area contributed by atoms with E-state index in [4.69, 9.17) is 11.6 Å². The average molecular weight is 247 g/mol. The van der Waals surface area contributed by atoms with Crippen LogP contribution in [0.3, 0.4) is 0 Å². The first-order valence-electron chi connectivity index (χ1n) is 5.01. The SMILES string of the molecule is C[C@H]1CNCCN1c1ccccc1Cl.Cl. The highest BCUT2D eigenvalue weighted by atomic mass is 35.5. The van der Waals surface area contributed by atoms with Crippen LogP contribution in [0.15, 0.2) is 24.3 Å². The lowest BCUT2D eigenvalue weighted by Gasteiger charge is -2.36. The first-order valence-corrected chi connectivity index (χ1v) is 5.39. The molecule has 1 N–H and O–H groups in total. The van der Waals surface area contributed by atoms with Crippen molar-refractivity contribution >= 4 is 29.7 Å². The number of hydrogen-bond acceptors (Lipinski definition) is 2. The molecule has 0 spiro atoms. The molecular weight excluding hydrogens is 231 g/mol. The second-order valence-electron chi connectivity index (χ2n) is 3.70. The molecule has 4 heteroatoms. The fourth-order valence-corrected chi connectivity index (χ4v) is 2.13. The summed E-state index contributed by atoms with van der Waals surface area (Å²) in [6, 6.07) is 8.56. The van der Waals surface area contributed by atoms with E-state index in [2.05, 4.69) is 23.2 Å². The molecule has 0 amide bonds. The number of anilines is 1. The highest BCUT2D eigenvalue weighted by Gasteiger charge is 2.19. The summed E-state index contributed by atoms with van der Waals surface area (Å²) in [4.78, 5) is 2.36. The van der Waals surface area contributed by atoms with Gasteiger partial charge >= 0.3 is 0 Å². The van der Waals surface area contributed by atoms with E-state index in [1.54, 1.807) is 0 Å². The Bertz CT molecular complexity index is 317. The van der Waals surface area contributed by atoms with Crippen molar-refractivity contribution in [3.05, 3.63) is 29.3 Å². The molecule has 1 atom stereocenters. The zero-order chi connectivity index (χ0) is 9.97. The quantitative estimate of drug-likeness (QED) is 0.820. The summed E-state index contributed by atoms with van der Waals surface area (Å²) in [5, 5.41) is 4.22. The third kappa shape index (κ3) is 2.77. The molecule has 84 valence electrons. The summed E-state index contributed by atoms with van der Waals surface area (Å²) in [5.41, 5.74) is 1.16. The zero-order valence-corrected chi connectivity index (χ0v) is 10.3. The summed E-state index contributed by atoms with van der Waals surface area (Å²) in [5.74, 6) is 0. The standard InChI is InChI=1S/C11H15ClN2.ClH/c1-9-8-13-6-7-14(9)11-5-3-2-4-10(11)12;/h2-5,9,13H,6-8H2,1H3;1H/t9-;/m0./s1. The van der Waals surface area contributed by atoms with E-state index < -0.39 is 0 Å². The Balaban J connectivity index is 0.00000112. The van der Waals surface area contributed by atoms with Gasteiger partial charge in [-0.25, -0.2) is 0 Å². The number of hydrogen-bond donors (Lipinski definition) is 1. The number of rotatable bonds is 1. The molecule has 0 unspecified atom stereocenters. The molecule has 2 rings (SSSR count). The number of benzene rings is 1. The lowest BCUT2D eigenvalue weighted by molar-refractivity contribution is 0.501. The molecule has 1 aliphatic heterocycles. The molecule has 1 aliphatic rings. The van der Waals surface area contributed by atoms with Crippen LogP contribution in [0.1, 0.15) is 6.92 Å². The van der Waals surface area contributed by atoms with Crippen LogP contribution < -0.4 is 10.2 Å². The van der Waals surface area contributed by atoms with E-state index in [9.17, 15) is 0 Å². The Labute approximate surface area is 102 Å². The monoisotopic (exact) mass is 246 g/mol. The molecule has 1 aromatic carbocycles. The molecule has 15 heavy (non-hydrogen) atoms. The van der Waals surface area contributed by atoms with Gasteiger partial charge in [-0.3, -0.25) is 0 Å². The Kier molecular flexibility index (Phi) is 4.71. The van der Waals surface area contributed by atoms with Gasteiger partial charge in [-0.1, -0.05) is 23.7 Å². The summed E-state index contributed by atoms with van der Waals surface area (Å²) >= 11 is 6.16. The van der Waals surface area contributed by atoms with Gasteiger partial charge in [0.05, 0.1) is 10.7 Å². The molecule has 0 bridgehead atoms. The van der Waals surface area contributed by atoms with Gasteiger partial charge in [0, 0.05) is 25.7 Å². The van der Waals surface area contributed by atoms with Gasteiger partial charge in [0.15, 0.2) is 0 Å². The molecule has 2 nitrogen and oxygen atoms in total. The number of halogens is 2. The van der Waals surface area contributed by atoms with Crippen molar-refractivity contribution in [2.24, 2.45) is 0 Å². The van der Waals surface area contributed by atoms with Crippen molar-refractivity contribution in [1.82, 2.24) is 5.32 Å². The van der Waals surface area contributed by atoms with Crippen LogP contribution in [-0.4, -0.2) is 25.7 Å². The Morgan fingerprint density at radius 1 is 1.40 bits per heavy atom. The molecule has 1 saturated heterocycles. The van der Waals surface area contributed by atoms with E-state index in [0.717, 1.165) is 30.3 Å². The third-order valence-electron chi connectivity index (χ3n) is 2.66. The summed E-state index contributed by atoms with van der Waals surface area (Å²) in [6.07, 6.45) is 0. The van der Waals surface area contributed by atoms with E-state index >= 15 is 0 Å². The van der Waals surface area contributed by atoms with Crippen molar-refractivity contribution in [3.63, 3.8) is 0 Å². The van der Waals surface area contributed by atoms with Crippen molar-refractivity contribution in [3.8, 4) is 0 Å². The maximum atomic E-state index is 6.16. The van der Waals surface area contributed by atoms with E-state index in [1.807, 2.05) is 18.2 Å². The van der Waals surface area contributed by atoms with Gasteiger partial charge in [-0.15, -0.1) is 12.4 Å². The predicted octanol–water partition coefficient (Wildman–Crippen LogP) is 2.56. The normalized spacial score (nSPS) is 20.9. The Morgan fingerprint density at radius 3 is 2.80 bits per heavy atom. The fourth-order valence-electron chi connectivity index (χ4n) is 1.88. The van der Waals surface area contributed by atoms with Crippen LogP contribution in [0.2, 0.25) is 5.02 Å². The maximum absolute atomic E-state index is 6.16. The average Bonchev–Trinajstić information content (AvgIpc) is 2.20. The number of nitrogens with zero attached hydrogens (tertiary/aromatic N) is 1. The second-order valence-corrected chi connectivity index (χ2v) is 4.11. The smallest absolute Gasteiger partial charge is 0.0639 e. The zero-order valence-electron chi connectivity index (χ0n) is 8.74. The van der Waals surface area contributed by atoms with Gasteiger partial charge in [0.25, 0.3) is 0 Å². The first-order chi connectivity index (χ1) is 6.79.